The summed E-state index contributed by atoms with van der Waals surface area (Å²) in [7, 11) is 0. The third kappa shape index (κ3) is 4.93. The number of hydrogen-bond donors (Lipinski definition) is 0. The number of halogens is 1. The van der Waals surface area contributed by atoms with Gasteiger partial charge in [-0.25, -0.2) is 0 Å². The molecule has 3 nitrogen and oxygen atoms in total. The Labute approximate surface area is 116 Å². The van der Waals surface area contributed by atoms with Gasteiger partial charge in [-0.3, -0.25) is 4.79 Å². The molecule has 17 heavy (non-hydrogen) atoms. The van der Waals surface area contributed by atoms with Crippen molar-refractivity contribution in [2.45, 2.75) is 39.9 Å². The highest BCUT2D eigenvalue weighted by molar-refractivity contribution is 14.1. The van der Waals surface area contributed by atoms with Gasteiger partial charge in [-0.2, -0.15) is 0 Å². The average Bonchev–Trinajstić information content (AvgIpc) is 2.21. The summed E-state index contributed by atoms with van der Waals surface area (Å²) < 4.78 is 12.0. The van der Waals surface area contributed by atoms with Gasteiger partial charge < -0.3 is 9.47 Å². The second kappa shape index (κ2) is 6.83. The van der Waals surface area contributed by atoms with Crippen molar-refractivity contribution in [1.29, 1.82) is 0 Å². The largest absolute Gasteiger partial charge is 0.455 e. The fourth-order valence-corrected chi connectivity index (χ4v) is 2.10. The van der Waals surface area contributed by atoms with Crippen molar-refractivity contribution in [3.63, 3.8) is 0 Å². The van der Waals surface area contributed by atoms with Crippen LogP contribution < -0.4 is 4.74 Å². The summed E-state index contributed by atoms with van der Waals surface area (Å²) in [6, 6.07) is 5.91. The number of aryl methyl sites for hydroxylation is 1. The van der Waals surface area contributed by atoms with Gasteiger partial charge in [0, 0.05) is 16.9 Å². The van der Waals surface area contributed by atoms with Gasteiger partial charge in [-0.15, -0.1) is 0 Å². The van der Waals surface area contributed by atoms with E-state index in [1.165, 1.54) is 6.92 Å². The molecule has 1 atom stereocenters. The van der Waals surface area contributed by atoms with Crippen molar-refractivity contribution in [2.24, 2.45) is 0 Å². The maximum atomic E-state index is 11.0. The van der Waals surface area contributed by atoms with Gasteiger partial charge in [0.25, 0.3) is 0 Å². The van der Waals surface area contributed by atoms with Gasteiger partial charge in [0.05, 0.1) is 0 Å². The third-order valence-electron chi connectivity index (χ3n) is 2.22. The summed E-state index contributed by atoms with van der Waals surface area (Å²) in [6.45, 7) is 5.40. The van der Waals surface area contributed by atoms with Crippen LogP contribution in [-0.2, 0) is 9.53 Å². The molecule has 0 fully saturated rings. The van der Waals surface area contributed by atoms with Crippen LogP contribution in [0.25, 0.3) is 0 Å². The average molecular weight is 348 g/mol. The third-order valence-corrected chi connectivity index (χ3v) is 2.89. The van der Waals surface area contributed by atoms with Crippen LogP contribution in [0.1, 0.15) is 32.3 Å². The highest BCUT2D eigenvalue weighted by Gasteiger charge is 2.13. The minimum absolute atomic E-state index is 0.313. The monoisotopic (exact) mass is 348 g/mol. The lowest BCUT2D eigenvalue weighted by Crippen LogP contribution is -2.23. The maximum Gasteiger partial charge on any atom is 0.305 e. The van der Waals surface area contributed by atoms with Crippen molar-refractivity contribution in [3.8, 4) is 5.75 Å². The van der Waals surface area contributed by atoms with E-state index >= 15 is 0 Å². The van der Waals surface area contributed by atoms with Crippen LogP contribution in [0.3, 0.4) is 0 Å². The van der Waals surface area contributed by atoms with E-state index in [0.29, 0.717) is 6.42 Å². The van der Waals surface area contributed by atoms with Crippen LogP contribution in [0.2, 0.25) is 0 Å². The number of benzene rings is 1. The van der Waals surface area contributed by atoms with E-state index in [1.54, 1.807) is 0 Å². The number of ether oxygens (including phenoxy) is 2. The SMILES string of the molecule is CCCC(OC(C)=O)Oc1ccc(I)cc1C. The molecule has 0 saturated heterocycles. The molecular formula is C13H17IO3. The van der Waals surface area contributed by atoms with E-state index in [1.807, 2.05) is 32.0 Å². The van der Waals surface area contributed by atoms with Crippen LogP contribution in [0.4, 0.5) is 0 Å². The Balaban J connectivity index is 2.74. The highest BCUT2D eigenvalue weighted by atomic mass is 127. The summed E-state index contributed by atoms with van der Waals surface area (Å²) in [5.41, 5.74) is 1.05. The van der Waals surface area contributed by atoms with Crippen molar-refractivity contribution < 1.29 is 14.3 Å². The minimum atomic E-state index is -0.490. The summed E-state index contributed by atoms with van der Waals surface area (Å²) in [6.07, 6.45) is 1.11. The Morgan fingerprint density at radius 3 is 2.71 bits per heavy atom. The second-order valence-corrected chi connectivity index (χ2v) is 5.10. The second-order valence-electron chi connectivity index (χ2n) is 3.86. The van der Waals surface area contributed by atoms with Gasteiger partial charge in [-0.05, 0) is 59.7 Å². The topological polar surface area (TPSA) is 35.5 Å². The molecule has 0 aliphatic rings. The molecular weight excluding hydrogens is 331 g/mol. The van der Waals surface area contributed by atoms with Crippen LogP contribution >= 0.6 is 22.6 Å². The van der Waals surface area contributed by atoms with E-state index in [-0.39, 0.29) is 5.97 Å². The number of hydrogen-bond acceptors (Lipinski definition) is 3. The fourth-order valence-electron chi connectivity index (χ4n) is 1.45. The Kier molecular flexibility index (Phi) is 5.74. The van der Waals surface area contributed by atoms with Crippen molar-refractivity contribution in [2.75, 3.05) is 0 Å². The molecule has 1 aromatic carbocycles. The van der Waals surface area contributed by atoms with Gasteiger partial charge in [0.1, 0.15) is 5.75 Å². The van der Waals surface area contributed by atoms with Gasteiger partial charge in [0.15, 0.2) is 0 Å². The zero-order valence-electron chi connectivity index (χ0n) is 10.3. The normalized spacial score (nSPS) is 12.0. The van der Waals surface area contributed by atoms with E-state index in [0.717, 1.165) is 21.3 Å². The summed E-state index contributed by atoms with van der Waals surface area (Å²) in [5.74, 6) is 0.455. The van der Waals surface area contributed by atoms with Crippen molar-refractivity contribution in [3.05, 3.63) is 27.3 Å². The van der Waals surface area contributed by atoms with Crippen molar-refractivity contribution >= 4 is 28.6 Å². The van der Waals surface area contributed by atoms with Crippen LogP contribution in [-0.4, -0.2) is 12.3 Å². The standard InChI is InChI=1S/C13H17IO3/c1-4-5-13(16-10(3)15)17-12-7-6-11(14)8-9(12)2/h6-8,13H,4-5H2,1-3H3. The number of carbonyl (C=O) groups is 1. The van der Waals surface area contributed by atoms with E-state index in [9.17, 15) is 4.79 Å². The summed E-state index contributed by atoms with van der Waals surface area (Å²) in [5, 5.41) is 0. The first-order chi connectivity index (χ1) is 8.02. The molecule has 1 rings (SSSR count). The molecule has 0 radical (unpaired) electrons. The predicted molar refractivity (Wildman–Crippen MR) is 75.0 cm³/mol. The van der Waals surface area contributed by atoms with E-state index in [2.05, 4.69) is 22.6 Å². The lowest BCUT2D eigenvalue weighted by Gasteiger charge is -2.19. The molecule has 0 spiro atoms. The minimum Gasteiger partial charge on any atom is -0.455 e. The van der Waals surface area contributed by atoms with Crippen LogP contribution in [0.15, 0.2) is 18.2 Å². The Bertz CT molecular complexity index is 390. The molecule has 94 valence electrons. The van der Waals surface area contributed by atoms with E-state index in [4.69, 9.17) is 9.47 Å². The predicted octanol–water partition coefficient (Wildman–Crippen LogP) is 3.67. The smallest absolute Gasteiger partial charge is 0.305 e. The molecule has 0 saturated carbocycles. The molecule has 0 heterocycles. The van der Waals surface area contributed by atoms with Gasteiger partial charge in [-0.1, -0.05) is 6.92 Å². The zero-order chi connectivity index (χ0) is 12.8. The molecule has 0 aromatic heterocycles. The Morgan fingerprint density at radius 2 is 2.18 bits per heavy atom. The molecule has 0 amide bonds. The van der Waals surface area contributed by atoms with Crippen molar-refractivity contribution in [1.82, 2.24) is 0 Å². The first kappa shape index (κ1) is 14.3. The molecule has 0 N–H and O–H groups in total. The maximum absolute atomic E-state index is 11.0. The lowest BCUT2D eigenvalue weighted by atomic mass is 10.2. The molecule has 0 bridgehead atoms. The fraction of sp³-hybridized carbons (Fsp3) is 0.462. The van der Waals surface area contributed by atoms with Gasteiger partial charge >= 0.3 is 5.97 Å². The van der Waals surface area contributed by atoms with Crippen LogP contribution in [0, 0.1) is 10.5 Å². The molecule has 0 aliphatic carbocycles. The lowest BCUT2D eigenvalue weighted by molar-refractivity contribution is -0.161. The first-order valence-electron chi connectivity index (χ1n) is 5.63. The number of rotatable bonds is 5. The Hall–Kier alpha value is -0.780. The first-order valence-corrected chi connectivity index (χ1v) is 6.70. The summed E-state index contributed by atoms with van der Waals surface area (Å²) in [4.78, 5) is 11.0. The Morgan fingerprint density at radius 1 is 1.47 bits per heavy atom. The van der Waals surface area contributed by atoms with Crippen LogP contribution in [0.5, 0.6) is 5.75 Å². The zero-order valence-corrected chi connectivity index (χ0v) is 12.5. The molecule has 4 heteroatoms. The number of esters is 1. The molecule has 0 aliphatic heterocycles. The highest BCUT2D eigenvalue weighted by Crippen LogP contribution is 2.22. The molecule has 1 unspecified atom stereocenters. The number of carbonyl (C=O) groups excluding carboxylic acids is 1. The van der Waals surface area contributed by atoms with Gasteiger partial charge in [0.2, 0.25) is 6.29 Å². The quantitative estimate of drug-likeness (QED) is 0.463. The molecule has 1 aromatic rings. The van der Waals surface area contributed by atoms with E-state index < -0.39 is 6.29 Å². The summed E-state index contributed by atoms with van der Waals surface area (Å²) >= 11 is 2.25.